The summed E-state index contributed by atoms with van der Waals surface area (Å²) < 4.78 is 0.220. The van der Waals surface area contributed by atoms with Crippen molar-refractivity contribution in [2.75, 3.05) is 13.1 Å². The molecule has 146 valence electrons. The number of aromatic amines is 2. The number of hydrogen-bond acceptors (Lipinski definition) is 6. The van der Waals surface area contributed by atoms with Crippen molar-refractivity contribution in [2.45, 2.75) is 19.4 Å². The minimum Gasteiger partial charge on any atom is -0.481 e. The number of halogens is 2. The molecule has 3 rings (SSSR count). The Morgan fingerprint density at radius 2 is 1.89 bits per heavy atom. The fourth-order valence-corrected chi connectivity index (χ4v) is 3.72. The first-order valence-electron chi connectivity index (χ1n) is 7.85. The van der Waals surface area contributed by atoms with Crippen LogP contribution in [0.1, 0.15) is 18.4 Å². The molecule has 0 aliphatic carbocycles. The summed E-state index contributed by atoms with van der Waals surface area (Å²) in [6.07, 6.45) is 1.01. The number of benzene rings is 1. The predicted molar refractivity (Wildman–Crippen MR) is 106 cm³/mol. The second-order valence-electron chi connectivity index (χ2n) is 6.17. The van der Waals surface area contributed by atoms with Gasteiger partial charge in [-0.1, -0.05) is 0 Å². The number of nitro groups is 1. The lowest BCUT2D eigenvalue weighted by Gasteiger charge is -2.30. The lowest BCUT2D eigenvalue weighted by molar-refractivity contribution is -0.384. The molecule has 1 aromatic heterocycles. The van der Waals surface area contributed by atoms with Crippen molar-refractivity contribution >= 4 is 55.6 Å². The molecular weight excluding hydrogens is 492 g/mol. The minimum absolute atomic E-state index is 0. The Kier molecular flexibility index (Phi) is 6.54. The zero-order valence-electron chi connectivity index (χ0n) is 13.9. The van der Waals surface area contributed by atoms with E-state index in [9.17, 15) is 24.5 Å². The average Bonchev–Trinajstić information content (AvgIpc) is 2.57. The largest absolute Gasteiger partial charge is 0.481 e. The Balaban J connectivity index is 0.00000261. The van der Waals surface area contributed by atoms with E-state index in [0.717, 1.165) is 0 Å². The van der Waals surface area contributed by atoms with Gasteiger partial charge in [-0.3, -0.25) is 29.4 Å². The van der Waals surface area contributed by atoms with Crippen LogP contribution in [-0.2, 0) is 11.3 Å². The van der Waals surface area contributed by atoms with Crippen LogP contribution in [-0.4, -0.2) is 44.0 Å². The van der Waals surface area contributed by atoms with Gasteiger partial charge in [0.1, 0.15) is 9.99 Å². The average molecular weight is 508 g/mol. The quantitative estimate of drug-likeness (QED) is 0.324. The molecule has 1 aliphatic rings. The number of nitrogens with one attached hydrogen (secondary N) is 2. The van der Waals surface area contributed by atoms with E-state index < -0.39 is 22.0 Å². The van der Waals surface area contributed by atoms with Crippen LogP contribution >= 0.6 is 32.9 Å². The molecule has 0 radical (unpaired) electrons. The number of nitro benzene ring substituents is 1. The topological polar surface area (TPSA) is 149 Å². The molecule has 0 bridgehead atoms. The molecule has 0 spiro atoms. The van der Waals surface area contributed by atoms with Gasteiger partial charge in [0.25, 0.3) is 0 Å². The van der Waals surface area contributed by atoms with Gasteiger partial charge in [-0.15, -0.1) is 17.0 Å². The first kappa shape index (κ1) is 21.3. The third-order valence-corrected chi connectivity index (χ3v) is 5.41. The maximum atomic E-state index is 11.6. The Morgan fingerprint density at radius 1 is 1.30 bits per heavy atom. The number of hydrogen-bond donors (Lipinski definition) is 3. The van der Waals surface area contributed by atoms with Gasteiger partial charge in [0.15, 0.2) is 0 Å². The predicted octanol–water partition coefficient (Wildman–Crippen LogP) is 1.76. The number of aromatic nitrogens is 2. The number of nitrogens with zero attached hydrogens (tertiary/aromatic N) is 2. The summed E-state index contributed by atoms with van der Waals surface area (Å²) in [4.78, 5) is 51.6. The second kappa shape index (κ2) is 8.31. The van der Waals surface area contributed by atoms with Crippen molar-refractivity contribution in [3.63, 3.8) is 0 Å². The molecule has 0 unspecified atom stereocenters. The van der Waals surface area contributed by atoms with E-state index in [1.54, 1.807) is 6.07 Å². The lowest BCUT2D eigenvalue weighted by Crippen LogP contribution is -2.36. The molecule has 1 aliphatic heterocycles. The summed E-state index contributed by atoms with van der Waals surface area (Å²) in [6, 6.07) is 1.58. The number of piperidine rings is 1. The second-order valence-corrected chi connectivity index (χ2v) is 6.97. The van der Waals surface area contributed by atoms with Gasteiger partial charge in [-0.2, -0.15) is 0 Å². The number of carbonyl (C=O) groups is 1. The summed E-state index contributed by atoms with van der Waals surface area (Å²) in [5.41, 5.74) is -1.50. The summed E-state index contributed by atoms with van der Waals surface area (Å²) in [5, 5.41) is 20.5. The standard InChI is InChI=1S/C15H15BrN4O6.BrH/c16-10-8(6-19-3-1-7(2-4-19)15(23)24)5-9-11(12(10)20(25)26)18-14(22)13(21)17-9;/h5,7H,1-4,6H2,(H,17,21)(H,18,22)(H,23,24);1H. The Labute approximate surface area is 170 Å². The van der Waals surface area contributed by atoms with Crippen molar-refractivity contribution in [1.29, 1.82) is 0 Å². The smallest absolute Gasteiger partial charge is 0.314 e. The number of rotatable bonds is 4. The zero-order chi connectivity index (χ0) is 19.0. The third kappa shape index (κ3) is 4.28. The highest BCUT2D eigenvalue weighted by atomic mass is 79.9. The van der Waals surface area contributed by atoms with E-state index >= 15 is 0 Å². The molecule has 3 N–H and O–H groups in total. The number of carboxylic acid groups (broad SMARTS) is 1. The molecule has 12 heteroatoms. The Bertz CT molecular complexity index is 1010. The lowest BCUT2D eigenvalue weighted by atomic mass is 9.97. The molecule has 0 saturated carbocycles. The van der Waals surface area contributed by atoms with Gasteiger partial charge in [-0.05, 0) is 53.5 Å². The molecule has 2 heterocycles. The highest BCUT2D eigenvalue weighted by Crippen LogP contribution is 2.35. The van der Waals surface area contributed by atoms with Gasteiger partial charge in [0.2, 0.25) is 0 Å². The van der Waals surface area contributed by atoms with Gasteiger partial charge in [-0.25, -0.2) is 0 Å². The van der Waals surface area contributed by atoms with Crippen molar-refractivity contribution in [2.24, 2.45) is 5.92 Å². The van der Waals surface area contributed by atoms with Crippen LogP contribution in [0.2, 0.25) is 0 Å². The molecule has 0 atom stereocenters. The zero-order valence-corrected chi connectivity index (χ0v) is 17.2. The summed E-state index contributed by atoms with van der Waals surface area (Å²) in [6.45, 7) is 1.46. The Hall–Kier alpha value is -2.05. The molecule has 1 aromatic carbocycles. The molecule has 1 saturated heterocycles. The number of carboxylic acids is 1. The fourth-order valence-electron chi connectivity index (χ4n) is 3.14. The molecule has 27 heavy (non-hydrogen) atoms. The van der Waals surface area contributed by atoms with Crippen molar-refractivity contribution in [3.05, 3.63) is 46.9 Å². The molecular formula is C15H16Br2N4O6. The number of fused-ring (bicyclic) bond motifs is 1. The maximum absolute atomic E-state index is 11.6. The fraction of sp³-hybridized carbons (Fsp3) is 0.400. The molecule has 2 aromatic rings. The van der Waals surface area contributed by atoms with Gasteiger partial charge in [0, 0.05) is 6.54 Å². The molecule has 10 nitrogen and oxygen atoms in total. The monoisotopic (exact) mass is 506 g/mol. The number of aliphatic carboxylic acids is 1. The summed E-state index contributed by atoms with van der Waals surface area (Å²) >= 11 is 3.23. The van der Waals surface area contributed by atoms with Gasteiger partial charge in [0.05, 0.1) is 16.4 Å². The van der Waals surface area contributed by atoms with Gasteiger partial charge >= 0.3 is 22.8 Å². The first-order chi connectivity index (χ1) is 12.3. The van der Waals surface area contributed by atoms with E-state index in [0.29, 0.717) is 38.0 Å². The first-order valence-corrected chi connectivity index (χ1v) is 8.64. The van der Waals surface area contributed by atoms with Crippen LogP contribution in [0.15, 0.2) is 20.1 Å². The van der Waals surface area contributed by atoms with Crippen LogP contribution in [0.3, 0.4) is 0 Å². The van der Waals surface area contributed by atoms with Crippen molar-refractivity contribution in [1.82, 2.24) is 14.9 Å². The minimum atomic E-state index is -0.962. The Morgan fingerprint density at radius 3 is 2.44 bits per heavy atom. The molecule has 0 amide bonds. The number of H-pyrrole nitrogens is 2. The van der Waals surface area contributed by atoms with E-state index in [1.165, 1.54) is 0 Å². The van der Waals surface area contributed by atoms with Crippen molar-refractivity contribution in [3.8, 4) is 0 Å². The van der Waals surface area contributed by atoms with E-state index in [1.807, 2.05) is 4.90 Å². The van der Waals surface area contributed by atoms with Crippen LogP contribution in [0.4, 0.5) is 5.69 Å². The highest BCUT2D eigenvalue weighted by molar-refractivity contribution is 9.10. The van der Waals surface area contributed by atoms with Crippen molar-refractivity contribution < 1.29 is 14.8 Å². The third-order valence-electron chi connectivity index (χ3n) is 4.52. The normalized spacial score (nSPS) is 15.4. The highest BCUT2D eigenvalue weighted by Gasteiger charge is 2.27. The van der Waals surface area contributed by atoms with E-state index in [-0.39, 0.29) is 44.1 Å². The van der Waals surface area contributed by atoms with Crippen LogP contribution < -0.4 is 11.1 Å². The van der Waals surface area contributed by atoms with Crippen LogP contribution in [0.5, 0.6) is 0 Å². The summed E-state index contributed by atoms with van der Waals surface area (Å²) in [5.74, 6) is -1.18. The molecule has 1 fully saturated rings. The van der Waals surface area contributed by atoms with E-state index in [4.69, 9.17) is 5.11 Å². The summed E-state index contributed by atoms with van der Waals surface area (Å²) in [7, 11) is 0. The number of likely N-dealkylation sites (tertiary alicyclic amines) is 1. The van der Waals surface area contributed by atoms with Crippen LogP contribution in [0, 0.1) is 16.0 Å². The maximum Gasteiger partial charge on any atom is 0.314 e. The van der Waals surface area contributed by atoms with E-state index in [2.05, 4.69) is 25.9 Å². The van der Waals surface area contributed by atoms with Gasteiger partial charge < -0.3 is 15.1 Å². The SMILES string of the molecule is Br.O=C(O)C1CCN(Cc2cc3[nH]c(=O)c(=O)[nH]c3c([N+](=O)[O-])c2Br)CC1. The van der Waals surface area contributed by atoms with Crippen LogP contribution in [0.25, 0.3) is 11.0 Å².